The number of hydrogen-bond donors (Lipinski definition) is 0. The van der Waals surface area contributed by atoms with Gasteiger partial charge in [-0.3, -0.25) is 0 Å². The summed E-state index contributed by atoms with van der Waals surface area (Å²) < 4.78 is 0. The molecule has 0 saturated carbocycles. The second-order valence-corrected chi connectivity index (χ2v) is 0. The molecule has 0 aliphatic rings. The van der Waals surface area contributed by atoms with Gasteiger partial charge in [-0.25, -0.2) is 0 Å². The Balaban J connectivity index is 0. The van der Waals surface area contributed by atoms with E-state index in [1.54, 1.807) is 0 Å². The molecule has 0 unspecified atom stereocenters. The van der Waals surface area contributed by atoms with Crippen LogP contribution in [0.2, 0.25) is 0 Å². The van der Waals surface area contributed by atoms with Crippen LogP contribution in [0.1, 0.15) is 0 Å². The fourth-order valence-corrected chi connectivity index (χ4v) is 0. The summed E-state index contributed by atoms with van der Waals surface area (Å²) in [5, 5.41) is 0. The maximum Gasteiger partial charge on any atom is 0 e. The molecule has 0 rings (SSSR count). The summed E-state index contributed by atoms with van der Waals surface area (Å²) in [5.74, 6) is 0. The Morgan fingerprint density at radius 2 is 1.00 bits per heavy atom. The van der Waals surface area contributed by atoms with Crippen LogP contribution >= 0.6 is 0 Å². The van der Waals surface area contributed by atoms with E-state index >= 15 is 0 Å². The first-order valence-corrected chi connectivity index (χ1v) is 0. The largest absolute Gasteiger partial charge is 0 e. The average Bonchev–Trinajstić information content (AvgIpc) is 0. The molecule has 0 spiro atoms. The zero-order chi connectivity index (χ0) is 0. The Hall–Kier alpha value is 4.66. The van der Waals surface area contributed by atoms with E-state index in [2.05, 4.69) is 0 Å². The fourth-order valence-electron chi connectivity index (χ4n) is 0. The molecule has 0 nitrogen and oxygen atoms in total. The Bertz CT molecular complexity index is 8.00. The SMILES string of the molecule is [Ca].[K].[Mg].[Na]. The van der Waals surface area contributed by atoms with Crippen LogP contribution in [-0.2, 0) is 0 Å². The molecule has 0 aromatic heterocycles. The normalized spacial score (nSPS) is 0. The van der Waals surface area contributed by atoms with E-state index in [-0.39, 0.29) is 142 Å². The van der Waals surface area contributed by atoms with Crippen molar-refractivity contribution in [3.63, 3.8) is 0 Å². The third-order valence-corrected chi connectivity index (χ3v) is 0. The van der Waals surface area contributed by atoms with E-state index in [9.17, 15) is 0 Å². The summed E-state index contributed by atoms with van der Waals surface area (Å²) in [5.41, 5.74) is 0. The van der Waals surface area contributed by atoms with E-state index in [1.807, 2.05) is 0 Å². The molecular formula is CaKMgNa. The molecule has 0 aliphatic carbocycles. The van der Waals surface area contributed by atoms with Gasteiger partial charge in [-0.15, -0.1) is 0 Å². The molecule has 6 valence electrons. The van der Waals surface area contributed by atoms with Gasteiger partial charge in [-0.2, -0.15) is 0 Å². The van der Waals surface area contributed by atoms with Crippen molar-refractivity contribution in [1.82, 2.24) is 0 Å². The van der Waals surface area contributed by atoms with Gasteiger partial charge in [0.15, 0.2) is 0 Å². The first-order valence-electron chi connectivity index (χ1n) is 0. The van der Waals surface area contributed by atoms with Crippen molar-refractivity contribution in [3.05, 3.63) is 0 Å². The standard InChI is InChI=1S/Ca.K.Mg.Na. The minimum absolute atomic E-state index is 0. The Labute approximate surface area is 137 Å². The molecule has 0 saturated heterocycles. The summed E-state index contributed by atoms with van der Waals surface area (Å²) in [6, 6.07) is 0. The summed E-state index contributed by atoms with van der Waals surface area (Å²) >= 11 is 0. The van der Waals surface area contributed by atoms with E-state index < -0.39 is 0 Å². The van der Waals surface area contributed by atoms with Gasteiger partial charge in [0.1, 0.15) is 0 Å². The van der Waals surface area contributed by atoms with Crippen molar-refractivity contribution in [2.75, 3.05) is 0 Å². The molecular weight excluding hydrogens is 126 g/mol. The molecule has 6 radical (unpaired) electrons. The summed E-state index contributed by atoms with van der Waals surface area (Å²) in [6.07, 6.45) is 0. The molecule has 0 atom stereocenters. The van der Waals surface area contributed by atoms with Gasteiger partial charge in [0, 0.05) is 142 Å². The van der Waals surface area contributed by atoms with Gasteiger partial charge in [0.2, 0.25) is 0 Å². The Morgan fingerprint density at radius 1 is 1.00 bits per heavy atom. The minimum Gasteiger partial charge on any atom is 0 e. The first-order chi connectivity index (χ1) is 0. The van der Waals surface area contributed by atoms with Crippen LogP contribution in [0.15, 0.2) is 0 Å². The molecule has 4 heavy (non-hydrogen) atoms. The molecule has 0 heterocycles. The molecule has 0 bridgehead atoms. The van der Waals surface area contributed by atoms with E-state index in [0.717, 1.165) is 0 Å². The predicted octanol–water partition coefficient (Wildman–Crippen LogP) is -1.52. The van der Waals surface area contributed by atoms with Gasteiger partial charge in [-0.1, -0.05) is 0 Å². The minimum atomic E-state index is 0. The Morgan fingerprint density at radius 3 is 1.00 bits per heavy atom. The number of rotatable bonds is 0. The molecule has 4 heteroatoms. The molecule has 0 aromatic carbocycles. The second-order valence-electron chi connectivity index (χ2n) is 0. The molecule has 0 fully saturated rings. The van der Waals surface area contributed by atoms with Crippen molar-refractivity contribution < 1.29 is 0 Å². The van der Waals surface area contributed by atoms with Crippen molar-refractivity contribution in [3.8, 4) is 0 Å². The second kappa shape index (κ2) is 15.6. The van der Waals surface area contributed by atoms with Crippen LogP contribution < -0.4 is 0 Å². The average molecular weight is 126 g/mol. The van der Waals surface area contributed by atoms with Crippen LogP contribution in [0.5, 0.6) is 0 Å². The molecule has 0 amide bonds. The molecule has 0 aliphatic heterocycles. The maximum absolute atomic E-state index is 0. The van der Waals surface area contributed by atoms with Crippen LogP contribution in [0.4, 0.5) is 0 Å². The fraction of sp³-hybridized carbons (Fsp3) is 0. The van der Waals surface area contributed by atoms with E-state index in [0.29, 0.717) is 0 Å². The smallest absolute Gasteiger partial charge is 0 e. The van der Waals surface area contributed by atoms with Gasteiger partial charge in [-0.05, 0) is 0 Å². The van der Waals surface area contributed by atoms with Crippen LogP contribution in [-0.4, -0.2) is 142 Å². The van der Waals surface area contributed by atoms with Crippen molar-refractivity contribution >= 4 is 142 Å². The van der Waals surface area contributed by atoms with Crippen LogP contribution in [0.3, 0.4) is 0 Å². The quantitative estimate of drug-likeness (QED) is 0.346. The zero-order valence-electron chi connectivity index (χ0n) is 3.41. The van der Waals surface area contributed by atoms with E-state index in [4.69, 9.17) is 0 Å². The number of hydrogen-bond acceptors (Lipinski definition) is 0. The van der Waals surface area contributed by atoms with Crippen LogP contribution in [0, 0.1) is 0 Å². The van der Waals surface area contributed by atoms with Crippen molar-refractivity contribution in [2.24, 2.45) is 0 Å². The monoisotopic (exact) mass is 126 g/mol. The van der Waals surface area contributed by atoms with Crippen molar-refractivity contribution in [2.45, 2.75) is 0 Å². The van der Waals surface area contributed by atoms with E-state index in [1.165, 1.54) is 0 Å². The summed E-state index contributed by atoms with van der Waals surface area (Å²) in [4.78, 5) is 0. The predicted molar refractivity (Wildman–Crippen MR) is 23.0 cm³/mol. The topological polar surface area (TPSA) is 0 Å². The third-order valence-electron chi connectivity index (χ3n) is 0. The van der Waals surface area contributed by atoms with Gasteiger partial charge in [0.25, 0.3) is 0 Å². The van der Waals surface area contributed by atoms with Gasteiger partial charge in [0.05, 0.1) is 0 Å². The Kier molecular flexibility index (Phi) is 91.5. The molecule has 0 aromatic rings. The first kappa shape index (κ1) is 23.4. The van der Waals surface area contributed by atoms with Crippen LogP contribution in [0.25, 0.3) is 0 Å². The van der Waals surface area contributed by atoms with Crippen molar-refractivity contribution in [1.29, 1.82) is 0 Å². The third kappa shape index (κ3) is 9.83. The zero-order valence-corrected chi connectivity index (χ0v) is 12.2. The van der Waals surface area contributed by atoms with Gasteiger partial charge >= 0.3 is 0 Å². The maximum atomic E-state index is 0. The summed E-state index contributed by atoms with van der Waals surface area (Å²) in [7, 11) is 0. The van der Waals surface area contributed by atoms with Gasteiger partial charge < -0.3 is 0 Å². The summed E-state index contributed by atoms with van der Waals surface area (Å²) in [6.45, 7) is 0. The molecule has 0 N–H and O–H groups in total.